The van der Waals surface area contributed by atoms with Crippen molar-refractivity contribution in [1.29, 1.82) is 0 Å². The molecule has 1 aromatic carbocycles. The number of nitrogens with zero attached hydrogens (tertiary/aromatic N) is 3. The maximum atomic E-state index is 5.99. The van der Waals surface area contributed by atoms with Crippen LogP contribution in [0.15, 0.2) is 42.7 Å². The molecule has 1 fully saturated rings. The number of benzene rings is 1. The smallest absolute Gasteiger partial charge is 0.139 e. The SMILES string of the molecule is C[Si](C)(C)CCOCn1cc(C2CN(Cc3ccccc3)CCO2)cn1. The third kappa shape index (κ3) is 6.05. The average Bonchev–Trinajstić information content (AvgIpc) is 3.08. The van der Waals surface area contributed by atoms with E-state index in [1.807, 2.05) is 10.9 Å². The molecule has 142 valence electrons. The van der Waals surface area contributed by atoms with Crippen LogP contribution in [0.2, 0.25) is 25.7 Å². The molecule has 26 heavy (non-hydrogen) atoms. The minimum Gasteiger partial charge on any atom is -0.371 e. The van der Waals surface area contributed by atoms with Crippen LogP contribution in [0.1, 0.15) is 17.2 Å². The van der Waals surface area contributed by atoms with Crippen molar-refractivity contribution >= 4 is 8.07 Å². The first kappa shape index (κ1) is 19.3. The number of ether oxygens (including phenoxy) is 2. The molecule has 0 bridgehead atoms. The first-order valence-electron chi connectivity index (χ1n) is 9.48. The standard InChI is InChI=1S/C20H31N3O2Si/c1-26(2,3)12-11-24-17-23-15-19(13-21-23)20-16-22(9-10-25-20)14-18-7-5-4-6-8-18/h4-8,13,15,20H,9-12,14,16-17H2,1-3H3. The lowest BCUT2D eigenvalue weighted by Gasteiger charge is -2.32. The van der Waals surface area contributed by atoms with E-state index in [1.165, 1.54) is 11.6 Å². The van der Waals surface area contributed by atoms with Crippen molar-refractivity contribution < 1.29 is 9.47 Å². The van der Waals surface area contributed by atoms with Gasteiger partial charge in [0, 0.05) is 46.1 Å². The Balaban J connectivity index is 1.48. The van der Waals surface area contributed by atoms with Crippen molar-refractivity contribution in [3.63, 3.8) is 0 Å². The fourth-order valence-electron chi connectivity index (χ4n) is 3.04. The molecule has 0 N–H and O–H groups in total. The quantitative estimate of drug-likeness (QED) is 0.522. The van der Waals surface area contributed by atoms with Gasteiger partial charge in [0.2, 0.25) is 0 Å². The van der Waals surface area contributed by atoms with Gasteiger partial charge in [-0.1, -0.05) is 50.0 Å². The van der Waals surface area contributed by atoms with Gasteiger partial charge in [-0.3, -0.25) is 4.90 Å². The van der Waals surface area contributed by atoms with E-state index in [0.29, 0.717) is 6.73 Å². The zero-order valence-electron chi connectivity index (χ0n) is 16.2. The maximum Gasteiger partial charge on any atom is 0.139 e. The van der Waals surface area contributed by atoms with Crippen molar-refractivity contribution in [3.05, 3.63) is 53.9 Å². The van der Waals surface area contributed by atoms with Crippen LogP contribution in [0.3, 0.4) is 0 Å². The average molecular weight is 374 g/mol. The van der Waals surface area contributed by atoms with Crippen molar-refractivity contribution in [2.45, 2.75) is 45.1 Å². The van der Waals surface area contributed by atoms with Crippen LogP contribution in [0, 0.1) is 0 Å². The molecule has 1 aliphatic heterocycles. The fourth-order valence-corrected chi connectivity index (χ4v) is 3.80. The van der Waals surface area contributed by atoms with E-state index >= 15 is 0 Å². The molecule has 6 heteroatoms. The van der Waals surface area contributed by atoms with E-state index in [0.717, 1.165) is 38.4 Å². The highest BCUT2D eigenvalue weighted by Gasteiger charge is 2.23. The number of aromatic nitrogens is 2. The summed E-state index contributed by atoms with van der Waals surface area (Å²) in [7, 11) is -1.04. The van der Waals surface area contributed by atoms with Gasteiger partial charge < -0.3 is 9.47 Å². The lowest BCUT2D eigenvalue weighted by atomic mass is 10.1. The molecule has 0 radical (unpaired) electrons. The van der Waals surface area contributed by atoms with Gasteiger partial charge in [-0.2, -0.15) is 5.10 Å². The Morgan fingerprint density at radius 2 is 2.04 bits per heavy atom. The summed E-state index contributed by atoms with van der Waals surface area (Å²) in [5.74, 6) is 0. The second kappa shape index (κ2) is 8.95. The molecule has 1 saturated heterocycles. The summed E-state index contributed by atoms with van der Waals surface area (Å²) in [6.45, 7) is 12.0. The van der Waals surface area contributed by atoms with E-state index < -0.39 is 8.07 Å². The summed E-state index contributed by atoms with van der Waals surface area (Å²) in [6.07, 6.45) is 4.06. The fraction of sp³-hybridized carbons (Fsp3) is 0.550. The molecule has 0 amide bonds. The van der Waals surface area contributed by atoms with Gasteiger partial charge in [0.15, 0.2) is 0 Å². The predicted molar refractivity (Wildman–Crippen MR) is 107 cm³/mol. The highest BCUT2D eigenvalue weighted by molar-refractivity contribution is 6.76. The Hall–Kier alpha value is -1.47. The van der Waals surface area contributed by atoms with Gasteiger partial charge >= 0.3 is 0 Å². The Morgan fingerprint density at radius 1 is 1.23 bits per heavy atom. The lowest BCUT2D eigenvalue weighted by Crippen LogP contribution is -2.37. The normalized spacial score (nSPS) is 19.0. The van der Waals surface area contributed by atoms with Crippen LogP contribution in [-0.4, -0.2) is 49.1 Å². The third-order valence-corrected chi connectivity index (χ3v) is 6.35. The van der Waals surface area contributed by atoms with Crippen LogP contribution in [-0.2, 0) is 22.7 Å². The van der Waals surface area contributed by atoms with Gasteiger partial charge in [-0.25, -0.2) is 4.68 Å². The summed E-state index contributed by atoms with van der Waals surface area (Å²) >= 11 is 0. The molecule has 5 nitrogen and oxygen atoms in total. The monoisotopic (exact) mass is 373 g/mol. The van der Waals surface area contributed by atoms with Crippen molar-refractivity contribution in [1.82, 2.24) is 14.7 Å². The van der Waals surface area contributed by atoms with Crippen molar-refractivity contribution in [2.75, 3.05) is 26.3 Å². The second-order valence-corrected chi connectivity index (χ2v) is 13.9. The van der Waals surface area contributed by atoms with E-state index in [4.69, 9.17) is 9.47 Å². The number of hydrogen-bond donors (Lipinski definition) is 0. The highest BCUT2D eigenvalue weighted by Crippen LogP contribution is 2.23. The first-order chi connectivity index (χ1) is 12.5. The van der Waals surface area contributed by atoms with Crippen LogP contribution in [0.25, 0.3) is 0 Å². The Kier molecular flexibility index (Phi) is 6.64. The molecule has 1 unspecified atom stereocenters. The maximum absolute atomic E-state index is 5.99. The molecule has 0 aliphatic carbocycles. The molecule has 1 aliphatic rings. The molecule has 1 atom stereocenters. The van der Waals surface area contributed by atoms with Crippen LogP contribution >= 0.6 is 0 Å². The van der Waals surface area contributed by atoms with Crippen LogP contribution in [0.5, 0.6) is 0 Å². The van der Waals surface area contributed by atoms with Gasteiger partial charge in [0.25, 0.3) is 0 Å². The van der Waals surface area contributed by atoms with Gasteiger partial charge in [0.05, 0.1) is 18.9 Å². The zero-order chi connectivity index (χ0) is 18.4. The predicted octanol–water partition coefficient (Wildman–Crippen LogP) is 3.77. The van der Waals surface area contributed by atoms with Crippen LogP contribution in [0.4, 0.5) is 0 Å². The van der Waals surface area contributed by atoms with E-state index in [2.05, 4.69) is 66.2 Å². The largest absolute Gasteiger partial charge is 0.371 e. The van der Waals surface area contributed by atoms with E-state index in [9.17, 15) is 0 Å². The Bertz CT molecular complexity index is 669. The molecular weight excluding hydrogens is 342 g/mol. The minimum absolute atomic E-state index is 0.0863. The molecule has 0 spiro atoms. The number of rotatable bonds is 8. The Morgan fingerprint density at radius 3 is 2.81 bits per heavy atom. The van der Waals surface area contributed by atoms with Crippen LogP contribution < -0.4 is 0 Å². The van der Waals surface area contributed by atoms with Gasteiger partial charge in [0.1, 0.15) is 6.73 Å². The number of hydrogen-bond acceptors (Lipinski definition) is 4. The molecule has 2 heterocycles. The second-order valence-electron chi connectivity index (χ2n) is 8.24. The lowest BCUT2D eigenvalue weighted by molar-refractivity contribution is -0.0330. The molecule has 3 rings (SSSR count). The third-order valence-electron chi connectivity index (χ3n) is 4.64. The first-order valence-corrected chi connectivity index (χ1v) is 13.2. The summed E-state index contributed by atoms with van der Waals surface area (Å²) in [5, 5.41) is 4.44. The molecular formula is C20H31N3O2Si. The van der Waals surface area contributed by atoms with E-state index in [-0.39, 0.29) is 6.10 Å². The summed E-state index contributed by atoms with van der Waals surface area (Å²) < 4.78 is 13.6. The molecule has 2 aromatic rings. The zero-order valence-corrected chi connectivity index (χ0v) is 17.2. The number of morpholine rings is 1. The van der Waals surface area contributed by atoms with Gasteiger partial charge in [-0.05, 0) is 11.6 Å². The topological polar surface area (TPSA) is 39.5 Å². The summed E-state index contributed by atoms with van der Waals surface area (Å²) in [4.78, 5) is 2.45. The van der Waals surface area contributed by atoms with Crippen molar-refractivity contribution in [3.8, 4) is 0 Å². The minimum atomic E-state index is -1.04. The van der Waals surface area contributed by atoms with E-state index in [1.54, 1.807) is 0 Å². The summed E-state index contributed by atoms with van der Waals surface area (Å²) in [5.41, 5.74) is 2.48. The molecule has 0 saturated carbocycles. The Labute approximate surface area is 157 Å². The molecule has 1 aromatic heterocycles. The van der Waals surface area contributed by atoms with Gasteiger partial charge in [-0.15, -0.1) is 0 Å². The highest BCUT2D eigenvalue weighted by atomic mass is 28.3. The summed E-state index contributed by atoms with van der Waals surface area (Å²) in [6, 6.07) is 11.8. The van der Waals surface area contributed by atoms with Crippen molar-refractivity contribution in [2.24, 2.45) is 0 Å².